The first-order valence-electron chi connectivity index (χ1n) is 13.4. The lowest BCUT2D eigenvalue weighted by Gasteiger charge is -2.53. The van der Waals surface area contributed by atoms with Gasteiger partial charge in [-0.2, -0.15) is 0 Å². The van der Waals surface area contributed by atoms with Crippen molar-refractivity contribution >= 4 is 6.29 Å². The van der Waals surface area contributed by atoms with Gasteiger partial charge in [-0.1, -0.05) is 121 Å². The molecule has 0 amide bonds. The average Bonchev–Trinajstić information content (AvgIpc) is 2.98. The maximum Gasteiger partial charge on any atom is 0.155 e. The molecule has 0 aliphatic rings. The number of rotatable bonds is 13. The smallest absolute Gasteiger partial charge is 0.155 e. The first-order chi connectivity index (χ1) is 19.2. The molecular formula is C34H36O6. The van der Waals surface area contributed by atoms with Gasteiger partial charge in [0, 0.05) is 25.7 Å². The molecule has 0 spiro atoms. The Kier molecular flexibility index (Phi) is 9.30. The van der Waals surface area contributed by atoms with Crippen molar-refractivity contribution in [3.8, 4) is 0 Å². The predicted molar refractivity (Wildman–Crippen MR) is 154 cm³/mol. The zero-order valence-corrected chi connectivity index (χ0v) is 22.3. The van der Waals surface area contributed by atoms with Crippen LogP contribution in [-0.4, -0.2) is 60.8 Å². The molecule has 4 aromatic carbocycles. The van der Waals surface area contributed by atoms with Gasteiger partial charge in [-0.05, 0) is 22.3 Å². The summed E-state index contributed by atoms with van der Waals surface area (Å²) < 4.78 is 0. The SMILES string of the molecule is O=C[C@@](O)(Cc1ccccc1)[C@](O)(Cc1ccccc1)[C@](O)(Cc1ccccc1)[C@H](O)C(O)Cc1ccccc1. The van der Waals surface area contributed by atoms with Crippen LogP contribution in [-0.2, 0) is 30.5 Å². The molecule has 0 aliphatic heterocycles. The molecule has 0 aromatic heterocycles. The van der Waals surface area contributed by atoms with E-state index in [4.69, 9.17) is 0 Å². The Morgan fingerprint density at radius 3 is 1.35 bits per heavy atom. The fourth-order valence-electron chi connectivity index (χ4n) is 5.45. The normalized spacial score (nSPS) is 17.5. The third-order valence-electron chi connectivity index (χ3n) is 7.70. The minimum Gasteiger partial charge on any atom is -0.390 e. The molecule has 4 aromatic rings. The fraction of sp³-hybridized carbons (Fsp3) is 0.265. The van der Waals surface area contributed by atoms with Gasteiger partial charge >= 0.3 is 0 Å². The molecule has 1 unspecified atom stereocenters. The number of hydrogen-bond donors (Lipinski definition) is 5. The first-order valence-corrected chi connectivity index (χ1v) is 13.4. The van der Waals surface area contributed by atoms with Crippen molar-refractivity contribution in [1.29, 1.82) is 0 Å². The van der Waals surface area contributed by atoms with E-state index in [2.05, 4.69) is 0 Å². The molecule has 5 atom stereocenters. The van der Waals surface area contributed by atoms with Gasteiger partial charge in [-0.15, -0.1) is 0 Å². The van der Waals surface area contributed by atoms with Crippen molar-refractivity contribution in [3.63, 3.8) is 0 Å². The van der Waals surface area contributed by atoms with Crippen molar-refractivity contribution in [2.24, 2.45) is 0 Å². The lowest BCUT2D eigenvalue weighted by molar-refractivity contribution is -0.273. The van der Waals surface area contributed by atoms with Crippen LogP contribution in [0.2, 0.25) is 0 Å². The van der Waals surface area contributed by atoms with Crippen LogP contribution in [0, 0.1) is 0 Å². The summed E-state index contributed by atoms with van der Waals surface area (Å²) in [5.74, 6) is 0. The molecule has 0 aliphatic carbocycles. The van der Waals surface area contributed by atoms with E-state index in [0.29, 0.717) is 22.3 Å². The average molecular weight is 541 g/mol. The second-order valence-corrected chi connectivity index (χ2v) is 10.5. The fourth-order valence-corrected chi connectivity index (χ4v) is 5.45. The Balaban J connectivity index is 1.87. The van der Waals surface area contributed by atoms with E-state index in [-0.39, 0.29) is 32.0 Å². The molecule has 0 heterocycles. The highest BCUT2D eigenvalue weighted by molar-refractivity contribution is 5.67. The quantitative estimate of drug-likeness (QED) is 0.166. The van der Waals surface area contributed by atoms with E-state index < -0.39 is 29.0 Å². The number of benzene rings is 4. The highest BCUT2D eigenvalue weighted by Crippen LogP contribution is 2.43. The number of carbonyl (C=O) groups is 1. The summed E-state index contributed by atoms with van der Waals surface area (Å²) in [5, 5.41) is 60.1. The van der Waals surface area contributed by atoms with Gasteiger partial charge in [0.05, 0.1) is 6.10 Å². The summed E-state index contributed by atoms with van der Waals surface area (Å²) in [7, 11) is 0. The largest absolute Gasteiger partial charge is 0.390 e. The highest BCUT2D eigenvalue weighted by atomic mass is 16.4. The molecule has 6 nitrogen and oxygen atoms in total. The van der Waals surface area contributed by atoms with Gasteiger partial charge in [0.25, 0.3) is 0 Å². The van der Waals surface area contributed by atoms with Gasteiger partial charge in [0.2, 0.25) is 0 Å². The molecule has 0 saturated heterocycles. The Morgan fingerprint density at radius 1 is 0.550 bits per heavy atom. The number of aliphatic hydroxyl groups excluding tert-OH is 2. The lowest BCUT2D eigenvalue weighted by atomic mass is 9.61. The van der Waals surface area contributed by atoms with Gasteiger partial charge in [-0.3, -0.25) is 0 Å². The summed E-state index contributed by atoms with van der Waals surface area (Å²) in [4.78, 5) is 12.8. The monoisotopic (exact) mass is 540 g/mol. The Morgan fingerprint density at radius 2 is 0.925 bits per heavy atom. The predicted octanol–water partition coefficient (Wildman–Crippen LogP) is 3.07. The topological polar surface area (TPSA) is 118 Å². The molecule has 5 N–H and O–H groups in total. The van der Waals surface area contributed by atoms with E-state index in [1.165, 1.54) is 0 Å². The van der Waals surface area contributed by atoms with E-state index in [1.807, 2.05) is 6.07 Å². The van der Waals surface area contributed by atoms with Crippen LogP contribution in [0.3, 0.4) is 0 Å². The number of aldehydes is 1. The maximum absolute atomic E-state index is 12.8. The second-order valence-electron chi connectivity index (χ2n) is 10.5. The molecule has 0 saturated carbocycles. The van der Waals surface area contributed by atoms with Gasteiger partial charge < -0.3 is 30.3 Å². The summed E-state index contributed by atoms with van der Waals surface area (Å²) in [6, 6.07) is 35.0. The van der Waals surface area contributed by atoms with Crippen LogP contribution in [0.25, 0.3) is 0 Å². The zero-order chi connectivity index (χ0) is 28.6. The Labute approximate surface area is 234 Å². The summed E-state index contributed by atoms with van der Waals surface area (Å²) in [5.41, 5.74) is -5.47. The standard InChI is InChI=1S/C34H36O6/c35-25-32(38,22-27-15-7-2-8-16-27)34(40,24-29-19-11-4-12-20-29)33(39,23-28-17-9-3-10-18-28)31(37)30(36)21-26-13-5-1-6-14-26/h1-20,25,30-31,36-40H,21-24H2/t30?,31-,32+,33+,34-/m1/s1. The van der Waals surface area contributed by atoms with Crippen LogP contribution in [0.15, 0.2) is 121 Å². The van der Waals surface area contributed by atoms with Crippen LogP contribution in [0.4, 0.5) is 0 Å². The van der Waals surface area contributed by atoms with Gasteiger partial charge in [-0.25, -0.2) is 0 Å². The van der Waals surface area contributed by atoms with Crippen molar-refractivity contribution < 1.29 is 30.3 Å². The minimum atomic E-state index is -2.65. The van der Waals surface area contributed by atoms with E-state index >= 15 is 0 Å². The first kappa shape index (κ1) is 29.3. The summed E-state index contributed by atoms with van der Waals surface area (Å²) in [6.45, 7) is 0. The van der Waals surface area contributed by atoms with Crippen LogP contribution < -0.4 is 0 Å². The van der Waals surface area contributed by atoms with E-state index in [0.717, 1.165) is 0 Å². The number of hydrogen-bond acceptors (Lipinski definition) is 6. The Hall–Kier alpha value is -3.65. The zero-order valence-electron chi connectivity index (χ0n) is 22.3. The van der Waals surface area contributed by atoms with Crippen molar-refractivity contribution in [3.05, 3.63) is 144 Å². The maximum atomic E-state index is 12.8. The highest BCUT2D eigenvalue weighted by Gasteiger charge is 2.65. The van der Waals surface area contributed by atoms with Crippen LogP contribution in [0.5, 0.6) is 0 Å². The molecule has 0 fully saturated rings. The van der Waals surface area contributed by atoms with Gasteiger partial charge in [0.1, 0.15) is 17.3 Å². The molecule has 4 rings (SSSR count). The molecule has 0 bridgehead atoms. The third kappa shape index (κ3) is 6.22. The molecule has 6 heteroatoms. The summed E-state index contributed by atoms with van der Waals surface area (Å²) in [6.07, 6.45) is -4.36. The van der Waals surface area contributed by atoms with Crippen LogP contribution >= 0.6 is 0 Å². The Bertz CT molecular complexity index is 1330. The van der Waals surface area contributed by atoms with Crippen molar-refractivity contribution in [2.75, 3.05) is 0 Å². The molecule has 0 radical (unpaired) electrons. The van der Waals surface area contributed by atoms with E-state index in [9.17, 15) is 30.3 Å². The number of aliphatic hydroxyl groups is 5. The van der Waals surface area contributed by atoms with Gasteiger partial charge in [0.15, 0.2) is 11.9 Å². The molecular weight excluding hydrogens is 504 g/mol. The molecule has 40 heavy (non-hydrogen) atoms. The third-order valence-corrected chi connectivity index (χ3v) is 7.70. The number of carbonyl (C=O) groups excluding carboxylic acids is 1. The van der Waals surface area contributed by atoms with Crippen molar-refractivity contribution in [1.82, 2.24) is 0 Å². The lowest BCUT2D eigenvalue weighted by Crippen LogP contribution is -2.76. The minimum absolute atomic E-state index is 0.0290. The molecule has 208 valence electrons. The van der Waals surface area contributed by atoms with Crippen molar-refractivity contribution in [2.45, 2.75) is 54.7 Å². The van der Waals surface area contributed by atoms with Crippen LogP contribution in [0.1, 0.15) is 22.3 Å². The summed E-state index contributed by atoms with van der Waals surface area (Å²) >= 11 is 0. The van der Waals surface area contributed by atoms with E-state index in [1.54, 1.807) is 115 Å². The second kappa shape index (κ2) is 12.7.